The van der Waals surface area contributed by atoms with Gasteiger partial charge in [-0.15, -0.1) is 0 Å². The largest absolute Gasteiger partial charge is 0.496 e. The summed E-state index contributed by atoms with van der Waals surface area (Å²) in [5.74, 6) is 0.546. The van der Waals surface area contributed by atoms with Gasteiger partial charge in [0, 0.05) is 23.1 Å². The molecular weight excluding hydrogens is 248 g/mol. The van der Waals surface area contributed by atoms with E-state index in [9.17, 15) is 8.78 Å². The second kappa shape index (κ2) is 5.87. The van der Waals surface area contributed by atoms with Crippen molar-refractivity contribution in [2.24, 2.45) is 5.73 Å². The summed E-state index contributed by atoms with van der Waals surface area (Å²) < 4.78 is 31.9. The minimum absolute atomic E-state index is 0.0756. The lowest BCUT2D eigenvalue weighted by Gasteiger charge is -2.39. The number of hydrogen-bond donors (Lipinski definition) is 1. The van der Waals surface area contributed by atoms with E-state index in [1.807, 2.05) is 0 Å². The Morgan fingerprint density at radius 1 is 1.26 bits per heavy atom. The van der Waals surface area contributed by atoms with Crippen molar-refractivity contribution in [3.63, 3.8) is 0 Å². The maximum atomic E-state index is 13.3. The second-order valence-electron chi connectivity index (χ2n) is 5.27. The van der Waals surface area contributed by atoms with Gasteiger partial charge in [0.2, 0.25) is 0 Å². The van der Waals surface area contributed by atoms with E-state index in [0.29, 0.717) is 17.9 Å². The van der Waals surface area contributed by atoms with Crippen LogP contribution >= 0.6 is 0 Å². The number of halogens is 2. The molecule has 19 heavy (non-hydrogen) atoms. The van der Waals surface area contributed by atoms with Crippen molar-refractivity contribution in [1.29, 1.82) is 0 Å². The highest BCUT2D eigenvalue weighted by Crippen LogP contribution is 2.46. The Labute approximate surface area is 112 Å². The number of rotatable bonds is 4. The van der Waals surface area contributed by atoms with E-state index in [1.165, 1.54) is 13.2 Å². The molecule has 1 aliphatic carbocycles. The number of hydrogen-bond acceptors (Lipinski definition) is 2. The van der Waals surface area contributed by atoms with Gasteiger partial charge in [0.05, 0.1) is 7.11 Å². The second-order valence-corrected chi connectivity index (χ2v) is 5.27. The predicted octanol–water partition coefficient (Wildman–Crippen LogP) is 3.79. The summed E-state index contributed by atoms with van der Waals surface area (Å²) in [5, 5.41) is 0. The number of nitrogens with two attached hydrogens (primary N) is 1. The molecule has 1 fully saturated rings. The van der Waals surface area contributed by atoms with Crippen LogP contribution in [0.25, 0.3) is 0 Å². The SMILES string of the molecule is COc1cccc(C(F)F)c1C1(CN)CCCCC1. The fourth-order valence-corrected chi connectivity index (χ4v) is 3.25. The molecule has 0 aliphatic heterocycles. The average molecular weight is 269 g/mol. The van der Waals surface area contributed by atoms with Crippen LogP contribution in [-0.4, -0.2) is 13.7 Å². The zero-order valence-electron chi connectivity index (χ0n) is 11.3. The number of benzene rings is 1. The summed E-state index contributed by atoms with van der Waals surface area (Å²) in [5.41, 5.74) is 6.32. The van der Waals surface area contributed by atoms with Gasteiger partial charge in [-0.2, -0.15) is 0 Å². The summed E-state index contributed by atoms with van der Waals surface area (Å²) in [6.07, 6.45) is 2.47. The Hall–Kier alpha value is -1.16. The van der Waals surface area contributed by atoms with Gasteiger partial charge in [-0.3, -0.25) is 0 Å². The van der Waals surface area contributed by atoms with E-state index in [0.717, 1.165) is 32.1 Å². The monoisotopic (exact) mass is 269 g/mol. The molecule has 4 heteroatoms. The van der Waals surface area contributed by atoms with Gasteiger partial charge in [0.1, 0.15) is 5.75 Å². The van der Waals surface area contributed by atoms with E-state index in [2.05, 4.69) is 0 Å². The molecule has 0 aromatic heterocycles. The van der Waals surface area contributed by atoms with Crippen molar-refractivity contribution in [3.05, 3.63) is 29.3 Å². The van der Waals surface area contributed by atoms with Crippen LogP contribution in [0.4, 0.5) is 8.78 Å². The van der Waals surface area contributed by atoms with E-state index in [-0.39, 0.29) is 11.0 Å². The summed E-state index contributed by atoms with van der Waals surface area (Å²) in [6.45, 7) is 0.396. The van der Waals surface area contributed by atoms with Crippen molar-refractivity contribution < 1.29 is 13.5 Å². The third kappa shape index (κ3) is 2.59. The lowest BCUT2D eigenvalue weighted by Crippen LogP contribution is -2.38. The molecule has 1 aromatic carbocycles. The first-order valence-corrected chi connectivity index (χ1v) is 6.80. The Morgan fingerprint density at radius 3 is 2.47 bits per heavy atom. The van der Waals surface area contributed by atoms with Gasteiger partial charge in [-0.25, -0.2) is 8.78 Å². The highest BCUT2D eigenvalue weighted by Gasteiger charge is 2.38. The average Bonchev–Trinajstić information content (AvgIpc) is 2.47. The van der Waals surface area contributed by atoms with Crippen molar-refractivity contribution in [2.45, 2.75) is 43.9 Å². The molecule has 1 saturated carbocycles. The maximum Gasteiger partial charge on any atom is 0.264 e. The Kier molecular flexibility index (Phi) is 4.40. The predicted molar refractivity (Wildman–Crippen MR) is 71.8 cm³/mol. The molecule has 2 rings (SSSR count). The standard InChI is InChI=1S/C15H21F2NO/c1-19-12-7-5-6-11(14(16)17)13(12)15(10-18)8-3-2-4-9-15/h5-7,14H,2-4,8-10,18H2,1H3. The van der Waals surface area contributed by atoms with Crippen LogP contribution in [0.5, 0.6) is 5.75 Å². The minimum atomic E-state index is -2.49. The molecule has 0 heterocycles. The van der Waals surface area contributed by atoms with Gasteiger partial charge < -0.3 is 10.5 Å². The van der Waals surface area contributed by atoms with Crippen molar-refractivity contribution in [1.82, 2.24) is 0 Å². The molecule has 1 aliphatic rings. The Morgan fingerprint density at radius 2 is 1.95 bits per heavy atom. The number of methoxy groups -OCH3 is 1. The van der Waals surface area contributed by atoms with Gasteiger partial charge >= 0.3 is 0 Å². The first-order valence-electron chi connectivity index (χ1n) is 6.80. The van der Waals surface area contributed by atoms with Crippen molar-refractivity contribution in [2.75, 3.05) is 13.7 Å². The Bertz CT molecular complexity index is 428. The molecule has 0 spiro atoms. The number of ether oxygens (including phenoxy) is 1. The van der Waals surface area contributed by atoms with Crippen LogP contribution in [0, 0.1) is 0 Å². The smallest absolute Gasteiger partial charge is 0.264 e. The summed E-state index contributed by atoms with van der Waals surface area (Å²) in [4.78, 5) is 0. The van der Waals surface area contributed by atoms with E-state index < -0.39 is 6.43 Å². The lowest BCUT2D eigenvalue weighted by atomic mass is 9.68. The van der Waals surface area contributed by atoms with E-state index >= 15 is 0 Å². The number of alkyl halides is 2. The zero-order valence-corrected chi connectivity index (χ0v) is 11.3. The third-order valence-electron chi connectivity index (χ3n) is 4.25. The van der Waals surface area contributed by atoms with E-state index in [1.54, 1.807) is 12.1 Å². The molecule has 2 nitrogen and oxygen atoms in total. The third-order valence-corrected chi connectivity index (χ3v) is 4.25. The summed E-state index contributed by atoms with van der Waals surface area (Å²) in [6, 6.07) is 4.87. The minimum Gasteiger partial charge on any atom is -0.496 e. The molecule has 0 atom stereocenters. The van der Waals surface area contributed by atoms with Crippen LogP contribution in [0.3, 0.4) is 0 Å². The molecule has 0 amide bonds. The molecular formula is C15H21F2NO. The lowest BCUT2D eigenvalue weighted by molar-refractivity contribution is 0.145. The van der Waals surface area contributed by atoms with Gasteiger partial charge in [-0.05, 0) is 18.9 Å². The van der Waals surface area contributed by atoms with Crippen LogP contribution in [0.2, 0.25) is 0 Å². The first-order chi connectivity index (χ1) is 9.14. The van der Waals surface area contributed by atoms with Gasteiger partial charge in [-0.1, -0.05) is 31.4 Å². The van der Waals surface area contributed by atoms with Crippen LogP contribution in [0.15, 0.2) is 18.2 Å². The highest BCUT2D eigenvalue weighted by atomic mass is 19.3. The topological polar surface area (TPSA) is 35.2 Å². The molecule has 1 aromatic rings. The molecule has 106 valence electrons. The van der Waals surface area contributed by atoms with Crippen LogP contribution < -0.4 is 10.5 Å². The molecule has 0 saturated heterocycles. The molecule has 0 radical (unpaired) electrons. The molecule has 0 bridgehead atoms. The zero-order chi connectivity index (χ0) is 13.9. The fourth-order valence-electron chi connectivity index (χ4n) is 3.25. The highest BCUT2D eigenvalue weighted by molar-refractivity contribution is 5.47. The Balaban J connectivity index is 2.56. The summed E-state index contributed by atoms with van der Waals surface area (Å²) >= 11 is 0. The fraction of sp³-hybridized carbons (Fsp3) is 0.600. The molecule has 0 unspecified atom stereocenters. The first kappa shape index (κ1) is 14.3. The quantitative estimate of drug-likeness (QED) is 0.902. The van der Waals surface area contributed by atoms with E-state index in [4.69, 9.17) is 10.5 Å². The maximum absolute atomic E-state index is 13.3. The van der Waals surface area contributed by atoms with Crippen molar-refractivity contribution >= 4 is 0 Å². The van der Waals surface area contributed by atoms with Gasteiger partial charge in [0.25, 0.3) is 6.43 Å². The van der Waals surface area contributed by atoms with Crippen LogP contribution in [-0.2, 0) is 5.41 Å². The summed E-state index contributed by atoms with van der Waals surface area (Å²) in [7, 11) is 1.53. The normalized spacial score (nSPS) is 18.6. The molecule has 2 N–H and O–H groups in total. The van der Waals surface area contributed by atoms with Crippen molar-refractivity contribution in [3.8, 4) is 5.75 Å². The van der Waals surface area contributed by atoms with Gasteiger partial charge in [0.15, 0.2) is 0 Å². The van der Waals surface area contributed by atoms with Crippen LogP contribution in [0.1, 0.15) is 49.7 Å².